The van der Waals surface area contributed by atoms with Crippen LogP contribution in [0.5, 0.6) is 0 Å². The Morgan fingerprint density at radius 1 is 1.11 bits per heavy atom. The van der Waals surface area contributed by atoms with E-state index in [1.54, 1.807) is 4.88 Å². The van der Waals surface area contributed by atoms with Crippen molar-refractivity contribution in [3.63, 3.8) is 0 Å². The molecule has 104 valence electrons. The Morgan fingerprint density at radius 2 is 1.78 bits per heavy atom. The molecule has 0 saturated heterocycles. The van der Waals surface area contributed by atoms with E-state index in [0.717, 1.165) is 0 Å². The summed E-state index contributed by atoms with van der Waals surface area (Å²) < 4.78 is 0. The van der Waals surface area contributed by atoms with E-state index in [1.165, 1.54) is 55.4 Å². The van der Waals surface area contributed by atoms with Gasteiger partial charge in [0.1, 0.15) is 0 Å². The molecule has 1 aromatic rings. The smallest absolute Gasteiger partial charge is 0.0415 e. The van der Waals surface area contributed by atoms with Gasteiger partial charge in [-0.15, -0.1) is 11.3 Å². The zero-order valence-electron chi connectivity index (χ0n) is 12.5. The molecule has 18 heavy (non-hydrogen) atoms. The highest BCUT2D eigenvalue weighted by Gasteiger charge is 2.13. The second kappa shape index (κ2) is 8.71. The summed E-state index contributed by atoms with van der Waals surface area (Å²) in [5.74, 6) is 0. The number of hydrogen-bond acceptors (Lipinski definition) is 2. The molecule has 0 aliphatic heterocycles. The molecule has 1 atom stereocenters. The number of thiophene rings is 1. The quantitative estimate of drug-likeness (QED) is 0.593. The van der Waals surface area contributed by atoms with Crippen LogP contribution in [0.4, 0.5) is 0 Å². The third kappa shape index (κ3) is 5.11. The molecule has 1 unspecified atom stereocenters. The van der Waals surface area contributed by atoms with Crippen LogP contribution in [0.1, 0.15) is 73.2 Å². The van der Waals surface area contributed by atoms with Crippen molar-refractivity contribution in [2.75, 3.05) is 7.05 Å². The molecular formula is C16H29NS. The van der Waals surface area contributed by atoms with Gasteiger partial charge in [-0.05, 0) is 38.9 Å². The van der Waals surface area contributed by atoms with Crippen LogP contribution < -0.4 is 5.32 Å². The molecule has 1 heterocycles. The number of unbranched alkanes of at least 4 members (excludes halogenated alkanes) is 5. The minimum Gasteiger partial charge on any atom is -0.312 e. The van der Waals surface area contributed by atoms with Crippen molar-refractivity contribution in [3.05, 3.63) is 21.4 Å². The van der Waals surface area contributed by atoms with Crippen molar-refractivity contribution in [2.45, 2.75) is 71.8 Å². The molecule has 1 N–H and O–H groups in total. The summed E-state index contributed by atoms with van der Waals surface area (Å²) in [6.07, 6.45) is 9.59. The first-order valence-corrected chi connectivity index (χ1v) is 8.24. The minimum atomic E-state index is 0.565. The van der Waals surface area contributed by atoms with E-state index in [9.17, 15) is 0 Å². The Morgan fingerprint density at radius 3 is 2.33 bits per heavy atom. The van der Waals surface area contributed by atoms with Crippen molar-refractivity contribution in [1.29, 1.82) is 0 Å². The van der Waals surface area contributed by atoms with Gasteiger partial charge in [-0.3, -0.25) is 0 Å². The third-order valence-electron chi connectivity index (χ3n) is 3.59. The lowest BCUT2D eigenvalue weighted by atomic mass is 10.0. The average molecular weight is 267 g/mol. The molecule has 1 rings (SSSR count). The molecule has 0 aliphatic rings. The van der Waals surface area contributed by atoms with Crippen LogP contribution in [0.25, 0.3) is 0 Å². The average Bonchev–Trinajstić information content (AvgIpc) is 2.68. The standard InChI is InChI=1S/C16H29NS/c1-5-6-7-8-9-10-11-15(17-4)16-13(2)12-14(3)18-16/h12,15,17H,5-11H2,1-4H3. The number of aryl methyl sites for hydroxylation is 2. The van der Waals surface area contributed by atoms with E-state index in [0.29, 0.717) is 6.04 Å². The third-order valence-corrected chi connectivity index (χ3v) is 4.86. The van der Waals surface area contributed by atoms with Crippen molar-refractivity contribution in [3.8, 4) is 0 Å². The van der Waals surface area contributed by atoms with Gasteiger partial charge in [-0.1, -0.05) is 45.4 Å². The van der Waals surface area contributed by atoms with Crippen molar-refractivity contribution < 1.29 is 0 Å². The monoisotopic (exact) mass is 267 g/mol. The van der Waals surface area contributed by atoms with Crippen molar-refractivity contribution >= 4 is 11.3 Å². The summed E-state index contributed by atoms with van der Waals surface area (Å²) in [6, 6.07) is 2.88. The SMILES string of the molecule is CCCCCCCCC(NC)c1sc(C)cc1C. The lowest BCUT2D eigenvalue weighted by Gasteiger charge is -2.15. The van der Waals surface area contributed by atoms with Gasteiger partial charge in [0.25, 0.3) is 0 Å². The van der Waals surface area contributed by atoms with E-state index in [2.05, 4.69) is 39.2 Å². The molecule has 1 nitrogen and oxygen atoms in total. The van der Waals surface area contributed by atoms with Crippen LogP contribution in [0.2, 0.25) is 0 Å². The maximum Gasteiger partial charge on any atom is 0.0415 e. The molecule has 0 aliphatic carbocycles. The van der Waals surface area contributed by atoms with E-state index >= 15 is 0 Å². The molecule has 1 aromatic heterocycles. The summed E-state index contributed by atoms with van der Waals surface area (Å²) in [5, 5.41) is 3.48. The summed E-state index contributed by atoms with van der Waals surface area (Å²) in [5.41, 5.74) is 1.46. The fourth-order valence-corrected chi connectivity index (χ4v) is 3.72. The highest BCUT2D eigenvalue weighted by atomic mass is 32.1. The van der Waals surface area contributed by atoms with Crippen LogP contribution in [-0.2, 0) is 0 Å². The van der Waals surface area contributed by atoms with Gasteiger partial charge in [0.15, 0.2) is 0 Å². The van der Waals surface area contributed by atoms with Crippen LogP contribution in [0.3, 0.4) is 0 Å². The van der Waals surface area contributed by atoms with Crippen LogP contribution in [-0.4, -0.2) is 7.05 Å². The molecule has 0 amide bonds. The van der Waals surface area contributed by atoms with E-state index in [1.807, 2.05) is 11.3 Å². The normalized spacial score (nSPS) is 12.9. The Bertz CT molecular complexity index is 330. The highest BCUT2D eigenvalue weighted by molar-refractivity contribution is 7.12. The first-order chi connectivity index (χ1) is 8.69. The molecule has 0 bridgehead atoms. The zero-order valence-corrected chi connectivity index (χ0v) is 13.3. The summed E-state index contributed by atoms with van der Waals surface area (Å²) in [6.45, 7) is 6.72. The zero-order chi connectivity index (χ0) is 13.4. The van der Waals surface area contributed by atoms with Gasteiger partial charge in [-0.25, -0.2) is 0 Å². The Balaban J connectivity index is 2.32. The van der Waals surface area contributed by atoms with Gasteiger partial charge < -0.3 is 5.32 Å². The molecule has 0 radical (unpaired) electrons. The molecule has 0 spiro atoms. The van der Waals surface area contributed by atoms with Gasteiger partial charge in [0.2, 0.25) is 0 Å². The van der Waals surface area contributed by atoms with E-state index in [4.69, 9.17) is 0 Å². The Kier molecular flexibility index (Phi) is 7.60. The minimum absolute atomic E-state index is 0.565. The predicted molar refractivity (Wildman–Crippen MR) is 83.6 cm³/mol. The summed E-state index contributed by atoms with van der Waals surface area (Å²) in [4.78, 5) is 2.98. The van der Waals surface area contributed by atoms with Crippen molar-refractivity contribution in [1.82, 2.24) is 5.32 Å². The first-order valence-electron chi connectivity index (χ1n) is 7.43. The fraction of sp³-hybridized carbons (Fsp3) is 0.750. The van der Waals surface area contributed by atoms with Gasteiger partial charge >= 0.3 is 0 Å². The Hall–Kier alpha value is -0.340. The van der Waals surface area contributed by atoms with E-state index < -0.39 is 0 Å². The maximum atomic E-state index is 3.48. The maximum absolute atomic E-state index is 3.48. The van der Waals surface area contributed by atoms with Gasteiger partial charge in [0.05, 0.1) is 0 Å². The number of rotatable bonds is 9. The Labute approximate surface area is 117 Å². The number of hydrogen-bond donors (Lipinski definition) is 1. The predicted octanol–water partition coefficient (Wildman–Crippen LogP) is 5.38. The number of nitrogens with one attached hydrogen (secondary N) is 1. The summed E-state index contributed by atoms with van der Waals surface area (Å²) in [7, 11) is 2.09. The highest BCUT2D eigenvalue weighted by Crippen LogP contribution is 2.30. The topological polar surface area (TPSA) is 12.0 Å². The molecule has 0 saturated carbocycles. The molecular weight excluding hydrogens is 238 g/mol. The molecule has 0 aromatic carbocycles. The van der Waals surface area contributed by atoms with E-state index in [-0.39, 0.29) is 0 Å². The molecule has 2 heteroatoms. The summed E-state index contributed by atoms with van der Waals surface area (Å²) >= 11 is 1.96. The van der Waals surface area contributed by atoms with Crippen LogP contribution in [0, 0.1) is 13.8 Å². The lowest BCUT2D eigenvalue weighted by molar-refractivity contribution is 0.502. The van der Waals surface area contributed by atoms with Crippen LogP contribution >= 0.6 is 11.3 Å². The van der Waals surface area contributed by atoms with Gasteiger partial charge in [-0.2, -0.15) is 0 Å². The second-order valence-corrected chi connectivity index (χ2v) is 6.59. The second-order valence-electron chi connectivity index (χ2n) is 5.30. The first kappa shape index (κ1) is 15.7. The van der Waals surface area contributed by atoms with Crippen molar-refractivity contribution in [2.24, 2.45) is 0 Å². The van der Waals surface area contributed by atoms with Crippen LogP contribution in [0.15, 0.2) is 6.07 Å². The van der Waals surface area contributed by atoms with Gasteiger partial charge in [0, 0.05) is 15.8 Å². The lowest BCUT2D eigenvalue weighted by Crippen LogP contribution is -2.15. The fourth-order valence-electron chi connectivity index (χ4n) is 2.54. The largest absolute Gasteiger partial charge is 0.312 e. The molecule has 0 fully saturated rings.